The molecule has 2 N–H and O–H groups in total. The molecule has 0 aromatic carbocycles. The molecule has 0 atom stereocenters. The topological polar surface area (TPSA) is 118 Å². The summed E-state index contributed by atoms with van der Waals surface area (Å²) in [5, 5.41) is 0. The minimum absolute atomic E-state index is 0. The summed E-state index contributed by atoms with van der Waals surface area (Å²) in [7, 11) is -5.39. The van der Waals surface area contributed by atoms with Gasteiger partial charge in [-0.2, -0.15) is 7.82 Å². The van der Waals surface area contributed by atoms with Crippen LogP contribution in [0.4, 0.5) is 0 Å². The molecule has 7 heteroatoms. The van der Waals surface area contributed by atoms with Crippen LogP contribution in [0.25, 0.3) is 0 Å². The van der Waals surface area contributed by atoms with Gasteiger partial charge in [-0.25, -0.2) is 0 Å². The van der Waals surface area contributed by atoms with Gasteiger partial charge in [0, 0.05) is 0 Å². The first-order chi connectivity index (χ1) is 2.00. The first-order valence-corrected chi connectivity index (χ1v) is 2.19. The second-order valence-corrected chi connectivity index (χ2v) is 1.34. The fraction of sp³-hybridized carbons (Fsp3) is 0. The molecule has 1 radical (unpaired) electrons. The van der Waals surface area contributed by atoms with Crippen LogP contribution in [-0.2, 0) is 4.57 Å². The van der Waals surface area contributed by atoms with Crippen molar-refractivity contribution in [2.24, 2.45) is 0 Å². The summed E-state index contributed by atoms with van der Waals surface area (Å²) < 4.78 is 8.55. The predicted molar refractivity (Wildman–Crippen MR) is 11.2 cm³/mol. The van der Waals surface area contributed by atoms with Crippen molar-refractivity contribution < 1.29 is 62.0 Å². The molecule has 0 aromatic heterocycles. The molecule has 0 aliphatic rings. The number of rotatable bonds is 0. The van der Waals surface area contributed by atoms with Crippen LogP contribution in [0.2, 0.25) is 0 Å². The molecule has 5 nitrogen and oxygen atoms in total. The van der Waals surface area contributed by atoms with Crippen LogP contribution < -0.4 is 14.7 Å². The maximum Gasteiger partial charge on any atom is 3.00 e. The molecule has 0 heterocycles. The third kappa shape index (κ3) is 119. The fourth-order valence-electron chi connectivity index (χ4n) is 0. The Hall–Kier alpha value is 1.32. The quantitative estimate of drug-likeness (QED) is 0.425. The molecule has 49 valence electrons. The van der Waals surface area contributed by atoms with E-state index in [1.807, 2.05) is 0 Å². The number of hydrogen-bond acceptors (Lipinski definition) is 4. The van der Waals surface area contributed by atoms with E-state index >= 15 is 0 Å². The molecule has 0 spiro atoms. The first-order valence-electron chi connectivity index (χ1n) is 0.730. The van der Waals surface area contributed by atoms with Gasteiger partial charge in [-0.15, -0.1) is 0 Å². The van der Waals surface area contributed by atoms with Crippen molar-refractivity contribution >= 4 is 7.82 Å². The molecular formula is H2ErO5P. The van der Waals surface area contributed by atoms with Crippen LogP contribution in [0.15, 0.2) is 0 Å². The average molecular weight is 280 g/mol. The molecule has 0 rings (SSSR count). The van der Waals surface area contributed by atoms with E-state index in [4.69, 9.17) is 19.2 Å². The van der Waals surface area contributed by atoms with Gasteiger partial charge in [-0.3, -0.25) is 0 Å². The van der Waals surface area contributed by atoms with Gasteiger partial charge in [0.15, 0.2) is 0 Å². The van der Waals surface area contributed by atoms with E-state index in [-0.39, 0.29) is 42.8 Å². The maximum absolute atomic E-state index is 8.55. The largest absolute Gasteiger partial charge is 3.00 e. The summed E-state index contributed by atoms with van der Waals surface area (Å²) >= 11 is 0. The van der Waals surface area contributed by atoms with Crippen LogP contribution in [0.5, 0.6) is 0 Å². The van der Waals surface area contributed by atoms with E-state index in [9.17, 15) is 0 Å². The van der Waals surface area contributed by atoms with Gasteiger partial charge < -0.3 is 24.7 Å². The van der Waals surface area contributed by atoms with Crippen LogP contribution in [0.1, 0.15) is 0 Å². The molecule has 0 saturated heterocycles. The zero-order chi connectivity index (χ0) is 4.50. The molecule has 0 bridgehead atoms. The minimum Gasteiger partial charge on any atom is -0.822 e. The normalized spacial score (nSPS) is 8.43. The van der Waals surface area contributed by atoms with Crippen LogP contribution in [0.3, 0.4) is 0 Å². The summed E-state index contributed by atoms with van der Waals surface area (Å²) in [5.41, 5.74) is 0. The average Bonchev–Trinajstić information content (AvgIpc) is 0.722. The second-order valence-electron chi connectivity index (χ2n) is 0.447. The Labute approximate surface area is 69.5 Å². The third-order valence-corrected chi connectivity index (χ3v) is 0. The van der Waals surface area contributed by atoms with E-state index in [1.54, 1.807) is 0 Å². The SMILES string of the molecule is O.O=P([O-])([O-])[O-].[Er+3]. The van der Waals surface area contributed by atoms with Crippen molar-refractivity contribution in [3.05, 3.63) is 0 Å². The molecule has 0 saturated carbocycles. The Kier molecular flexibility index (Phi) is 12.3. The van der Waals surface area contributed by atoms with Crippen LogP contribution >= 0.6 is 7.82 Å². The van der Waals surface area contributed by atoms with E-state index in [1.165, 1.54) is 0 Å². The second kappa shape index (κ2) is 5.45. The van der Waals surface area contributed by atoms with E-state index < -0.39 is 7.82 Å². The van der Waals surface area contributed by atoms with Crippen molar-refractivity contribution in [1.82, 2.24) is 0 Å². The maximum atomic E-state index is 8.55. The summed E-state index contributed by atoms with van der Waals surface area (Å²) in [4.78, 5) is 25.6. The number of hydrogen-bond donors (Lipinski definition) is 0. The fourth-order valence-corrected chi connectivity index (χ4v) is 0. The van der Waals surface area contributed by atoms with E-state index in [2.05, 4.69) is 0 Å². The van der Waals surface area contributed by atoms with Crippen LogP contribution in [0, 0.1) is 37.3 Å². The molecule has 0 aliphatic carbocycles. The van der Waals surface area contributed by atoms with Crippen molar-refractivity contribution in [1.29, 1.82) is 0 Å². The first kappa shape index (κ1) is 15.8. The molecular weight excluding hydrogens is 278 g/mol. The van der Waals surface area contributed by atoms with Crippen molar-refractivity contribution in [2.45, 2.75) is 0 Å². The smallest absolute Gasteiger partial charge is 0.822 e. The summed E-state index contributed by atoms with van der Waals surface area (Å²) in [5.74, 6) is 0. The van der Waals surface area contributed by atoms with Gasteiger partial charge in [-0.05, 0) is 0 Å². The van der Waals surface area contributed by atoms with Crippen molar-refractivity contribution in [2.75, 3.05) is 0 Å². The van der Waals surface area contributed by atoms with Gasteiger partial charge in [0.1, 0.15) is 0 Å². The molecule has 0 unspecified atom stereocenters. The molecule has 0 fully saturated rings. The molecule has 0 aromatic rings. The molecule has 7 heavy (non-hydrogen) atoms. The van der Waals surface area contributed by atoms with E-state index in [0.717, 1.165) is 0 Å². The Morgan fingerprint density at radius 2 is 1.14 bits per heavy atom. The predicted octanol–water partition coefficient (Wildman–Crippen LogP) is -3.65. The minimum atomic E-state index is -5.39. The third-order valence-electron chi connectivity index (χ3n) is 0. The zero-order valence-electron chi connectivity index (χ0n) is 2.87. The van der Waals surface area contributed by atoms with Gasteiger partial charge in [-0.1, -0.05) is 0 Å². The van der Waals surface area contributed by atoms with Gasteiger partial charge >= 0.3 is 37.3 Å². The Morgan fingerprint density at radius 1 is 1.14 bits per heavy atom. The number of phosphoric acid groups is 1. The van der Waals surface area contributed by atoms with Crippen molar-refractivity contribution in [3.8, 4) is 0 Å². The van der Waals surface area contributed by atoms with E-state index in [0.29, 0.717) is 0 Å². The summed E-state index contributed by atoms with van der Waals surface area (Å²) in [6.07, 6.45) is 0. The summed E-state index contributed by atoms with van der Waals surface area (Å²) in [6.45, 7) is 0. The Balaban J connectivity index is -0.0000000800. The van der Waals surface area contributed by atoms with Crippen molar-refractivity contribution in [3.63, 3.8) is 0 Å². The Morgan fingerprint density at radius 3 is 1.14 bits per heavy atom. The van der Waals surface area contributed by atoms with Gasteiger partial charge in [0.2, 0.25) is 0 Å². The standard InChI is InChI=1S/Er.H3O4P.H2O/c;1-5(2,3)4;/h;(H3,1,2,3,4);1H2/q+3;;/p-3. The van der Waals surface area contributed by atoms with Gasteiger partial charge in [0.25, 0.3) is 0 Å². The summed E-state index contributed by atoms with van der Waals surface area (Å²) in [6, 6.07) is 0. The zero-order valence-corrected chi connectivity index (χ0v) is 5.62. The van der Waals surface area contributed by atoms with Crippen LogP contribution in [-0.4, -0.2) is 5.48 Å². The van der Waals surface area contributed by atoms with Gasteiger partial charge in [0.05, 0.1) is 0 Å². The molecule has 0 amide bonds. The Bertz CT molecular complexity index is 54.2. The molecule has 0 aliphatic heterocycles. The monoisotopic (exact) mass is 279 g/mol.